The van der Waals surface area contributed by atoms with E-state index >= 15 is 0 Å². The first-order valence-electron chi connectivity index (χ1n) is 7.94. The van der Waals surface area contributed by atoms with Gasteiger partial charge >= 0.3 is 6.36 Å². The molecule has 0 atom stereocenters. The lowest BCUT2D eigenvalue weighted by atomic mass is 10.2. The molecule has 1 N–H and O–H groups in total. The van der Waals surface area contributed by atoms with Crippen LogP contribution in [0.1, 0.15) is 0 Å². The molecule has 2 heterocycles. The third-order valence-corrected chi connectivity index (χ3v) is 4.78. The number of fused-ring (bicyclic) bond motifs is 3. The van der Waals surface area contributed by atoms with Crippen molar-refractivity contribution in [2.75, 3.05) is 23.3 Å². The largest absolute Gasteiger partial charge is 0.573 e. The van der Waals surface area contributed by atoms with Crippen LogP contribution in [0.4, 0.5) is 30.2 Å². The molecular formula is C17H10Cl3F3N4O. The first kappa shape index (κ1) is 19.2. The molecule has 0 radical (unpaired) electrons. The Bertz CT molecular complexity index is 1020. The standard InChI is InChI=1S/C17H10Cl3F3N4O/c18-8-5-11(20)14-12(6-8)26-15(16-24-3-4-27(14)16)25-9-1-2-13(10(19)7-9)28-17(21,22)23/h1-2,5-7H,3-4H2,(H,25,26). The number of alkyl halides is 3. The molecule has 0 saturated carbocycles. The van der Waals surface area contributed by atoms with Crippen LogP contribution in [0.25, 0.3) is 0 Å². The second-order valence-electron chi connectivity index (χ2n) is 5.89. The first-order chi connectivity index (χ1) is 13.2. The normalized spacial score (nSPS) is 15.6. The first-order valence-corrected chi connectivity index (χ1v) is 9.07. The predicted molar refractivity (Wildman–Crippen MR) is 105 cm³/mol. The van der Waals surface area contributed by atoms with Crippen molar-refractivity contribution in [2.24, 2.45) is 9.98 Å². The van der Waals surface area contributed by atoms with Crippen molar-refractivity contribution in [3.63, 3.8) is 0 Å². The minimum Gasteiger partial charge on any atom is -0.404 e. The highest BCUT2D eigenvalue weighted by Gasteiger charge is 2.33. The maximum atomic E-state index is 12.4. The molecule has 28 heavy (non-hydrogen) atoms. The summed E-state index contributed by atoms with van der Waals surface area (Å²) >= 11 is 18.3. The van der Waals surface area contributed by atoms with E-state index in [9.17, 15) is 13.2 Å². The molecule has 0 amide bonds. The maximum absolute atomic E-state index is 12.4. The van der Waals surface area contributed by atoms with Gasteiger partial charge in [0.05, 0.1) is 28.0 Å². The molecule has 0 spiro atoms. The molecule has 0 bridgehead atoms. The van der Waals surface area contributed by atoms with Crippen LogP contribution in [-0.2, 0) is 0 Å². The molecule has 0 fully saturated rings. The van der Waals surface area contributed by atoms with E-state index in [-0.39, 0.29) is 5.02 Å². The number of anilines is 2. The van der Waals surface area contributed by atoms with Crippen molar-refractivity contribution in [2.45, 2.75) is 6.36 Å². The van der Waals surface area contributed by atoms with Gasteiger partial charge < -0.3 is 15.0 Å². The summed E-state index contributed by atoms with van der Waals surface area (Å²) in [7, 11) is 0. The fourth-order valence-electron chi connectivity index (χ4n) is 2.95. The van der Waals surface area contributed by atoms with Crippen LogP contribution in [0.15, 0.2) is 40.3 Å². The average Bonchev–Trinajstić information content (AvgIpc) is 3.05. The SMILES string of the molecule is FC(F)(F)Oc1ccc(NC2=Nc3cc(Cl)cc(Cl)c3N3CCN=C23)cc1Cl. The van der Waals surface area contributed by atoms with Crippen molar-refractivity contribution in [3.05, 3.63) is 45.4 Å². The van der Waals surface area contributed by atoms with E-state index in [0.717, 1.165) is 6.07 Å². The highest BCUT2D eigenvalue weighted by molar-refractivity contribution is 6.52. The van der Waals surface area contributed by atoms with Crippen molar-refractivity contribution < 1.29 is 17.9 Å². The van der Waals surface area contributed by atoms with Gasteiger partial charge in [0.1, 0.15) is 5.75 Å². The lowest BCUT2D eigenvalue weighted by Crippen LogP contribution is -2.39. The van der Waals surface area contributed by atoms with Gasteiger partial charge in [-0.25, -0.2) is 4.99 Å². The smallest absolute Gasteiger partial charge is 0.404 e. The highest BCUT2D eigenvalue weighted by Crippen LogP contribution is 2.42. The zero-order chi connectivity index (χ0) is 20.1. The van der Waals surface area contributed by atoms with Gasteiger partial charge in [-0.2, -0.15) is 0 Å². The summed E-state index contributed by atoms with van der Waals surface area (Å²) in [6.07, 6.45) is -4.83. The van der Waals surface area contributed by atoms with Crippen LogP contribution >= 0.6 is 34.8 Å². The van der Waals surface area contributed by atoms with Crippen molar-refractivity contribution in [1.82, 2.24) is 0 Å². The summed E-state index contributed by atoms with van der Waals surface area (Å²) < 4.78 is 41.0. The third-order valence-electron chi connectivity index (χ3n) is 3.98. The summed E-state index contributed by atoms with van der Waals surface area (Å²) in [6, 6.07) is 7.14. The van der Waals surface area contributed by atoms with E-state index in [1.165, 1.54) is 12.1 Å². The van der Waals surface area contributed by atoms with Gasteiger partial charge in [0.2, 0.25) is 0 Å². The van der Waals surface area contributed by atoms with Gasteiger partial charge in [-0.15, -0.1) is 13.2 Å². The zero-order valence-electron chi connectivity index (χ0n) is 13.8. The zero-order valence-corrected chi connectivity index (χ0v) is 16.1. The number of aliphatic imine (C=N–C) groups is 2. The second-order valence-corrected chi connectivity index (χ2v) is 7.14. The fourth-order valence-corrected chi connectivity index (χ4v) is 3.75. The van der Waals surface area contributed by atoms with Crippen LogP contribution in [0.3, 0.4) is 0 Å². The lowest BCUT2D eigenvalue weighted by Gasteiger charge is -2.28. The van der Waals surface area contributed by atoms with Gasteiger partial charge in [-0.05, 0) is 30.3 Å². The number of hydrogen-bond donors (Lipinski definition) is 1. The Labute approximate surface area is 172 Å². The molecule has 2 aromatic carbocycles. The highest BCUT2D eigenvalue weighted by atomic mass is 35.5. The molecule has 0 unspecified atom stereocenters. The Morgan fingerprint density at radius 2 is 1.86 bits per heavy atom. The number of nitrogens with zero attached hydrogens (tertiary/aromatic N) is 3. The number of halogens is 6. The van der Waals surface area contributed by atoms with Crippen LogP contribution in [-0.4, -0.2) is 31.1 Å². The number of benzene rings is 2. The maximum Gasteiger partial charge on any atom is 0.573 e. The van der Waals surface area contributed by atoms with E-state index in [4.69, 9.17) is 34.8 Å². The average molecular weight is 450 g/mol. The minimum atomic E-state index is -4.83. The quantitative estimate of drug-likeness (QED) is 0.619. The van der Waals surface area contributed by atoms with Gasteiger partial charge in [-0.1, -0.05) is 34.8 Å². The Balaban J connectivity index is 1.68. The molecule has 0 saturated heterocycles. The molecule has 11 heteroatoms. The summed E-state index contributed by atoms with van der Waals surface area (Å²) in [4.78, 5) is 10.9. The number of ether oxygens (including phenoxy) is 1. The lowest BCUT2D eigenvalue weighted by molar-refractivity contribution is -0.274. The van der Waals surface area contributed by atoms with Crippen LogP contribution < -0.4 is 15.0 Å². The van der Waals surface area contributed by atoms with Gasteiger partial charge in [0, 0.05) is 17.3 Å². The molecule has 0 aromatic heterocycles. The van der Waals surface area contributed by atoms with Crippen LogP contribution in [0, 0.1) is 0 Å². The number of hydrogen-bond acceptors (Lipinski definition) is 5. The minimum absolute atomic E-state index is 0.199. The van der Waals surface area contributed by atoms with Crippen molar-refractivity contribution in [3.8, 4) is 5.75 Å². The molecule has 5 nitrogen and oxygen atoms in total. The summed E-state index contributed by atoms with van der Waals surface area (Å²) in [5, 5.41) is 3.72. The molecule has 2 aliphatic rings. The Morgan fingerprint density at radius 3 is 2.57 bits per heavy atom. The molecule has 4 rings (SSSR count). The van der Waals surface area contributed by atoms with Crippen molar-refractivity contribution in [1.29, 1.82) is 0 Å². The molecular weight excluding hydrogens is 440 g/mol. The van der Waals surface area contributed by atoms with Crippen LogP contribution in [0.5, 0.6) is 5.75 Å². The van der Waals surface area contributed by atoms with Gasteiger partial charge in [0.15, 0.2) is 11.7 Å². The predicted octanol–water partition coefficient (Wildman–Crippen LogP) is 5.92. The molecule has 146 valence electrons. The monoisotopic (exact) mass is 448 g/mol. The van der Waals surface area contributed by atoms with E-state index in [0.29, 0.717) is 51.9 Å². The van der Waals surface area contributed by atoms with Gasteiger partial charge in [0.25, 0.3) is 0 Å². The topological polar surface area (TPSA) is 49.2 Å². The molecule has 2 aromatic rings. The van der Waals surface area contributed by atoms with Gasteiger partial charge in [-0.3, -0.25) is 4.99 Å². The summed E-state index contributed by atoms with van der Waals surface area (Å²) in [6.45, 7) is 1.16. The number of rotatable bonds is 2. The number of nitrogens with one attached hydrogen (secondary N) is 1. The summed E-state index contributed by atoms with van der Waals surface area (Å²) in [5.74, 6) is 0.487. The van der Waals surface area contributed by atoms with Crippen molar-refractivity contribution >= 4 is 63.5 Å². The second kappa shape index (κ2) is 7.02. The Morgan fingerprint density at radius 1 is 1.07 bits per heavy atom. The van der Waals surface area contributed by atoms with Crippen LogP contribution in [0.2, 0.25) is 15.1 Å². The molecule has 2 aliphatic heterocycles. The third kappa shape index (κ3) is 3.72. The Hall–Kier alpha value is -2.16. The van der Waals surface area contributed by atoms with E-state index in [1.807, 2.05) is 4.90 Å². The van der Waals surface area contributed by atoms with E-state index < -0.39 is 12.1 Å². The van der Waals surface area contributed by atoms with E-state index in [1.54, 1.807) is 12.1 Å². The fraction of sp³-hybridized carbons (Fsp3) is 0.176. The summed E-state index contributed by atoms with van der Waals surface area (Å²) in [5.41, 5.74) is 1.69. The molecule has 0 aliphatic carbocycles. The Kier molecular flexibility index (Phi) is 4.81. The van der Waals surface area contributed by atoms with E-state index in [2.05, 4.69) is 20.0 Å². The number of amidine groups is 2.